The van der Waals surface area contributed by atoms with Gasteiger partial charge in [0.05, 0.1) is 11.4 Å². The van der Waals surface area contributed by atoms with Crippen LogP contribution in [0.5, 0.6) is 0 Å². The normalized spacial score (nSPS) is 11.3. The summed E-state index contributed by atoms with van der Waals surface area (Å²) >= 11 is 0. The molecule has 2 nitrogen and oxygen atoms in total. The minimum atomic E-state index is 0.483. The first-order valence-corrected chi connectivity index (χ1v) is 17.5. The Hall–Kier alpha value is -6.12. The van der Waals surface area contributed by atoms with Crippen molar-refractivity contribution in [1.82, 2.24) is 0 Å². The lowest BCUT2D eigenvalue weighted by atomic mass is 10.0. The zero-order valence-electron chi connectivity index (χ0n) is 28.8. The van der Waals surface area contributed by atoms with Crippen molar-refractivity contribution in [3.05, 3.63) is 193 Å². The van der Waals surface area contributed by atoms with Gasteiger partial charge < -0.3 is 9.80 Å². The summed E-state index contributed by atoms with van der Waals surface area (Å²) in [6.45, 7) is 6.62. The Morgan fingerprint density at radius 3 is 1.14 bits per heavy atom. The molecule has 8 aromatic carbocycles. The summed E-state index contributed by atoms with van der Waals surface area (Å²) in [4.78, 5) is 4.74. The zero-order chi connectivity index (χ0) is 34.0. The van der Waals surface area contributed by atoms with E-state index in [1.54, 1.807) is 0 Å². The number of hydrogen-bond acceptors (Lipinski definition) is 2. The highest BCUT2D eigenvalue weighted by Crippen LogP contribution is 2.42. The highest BCUT2D eigenvalue weighted by Gasteiger charge is 2.17. The van der Waals surface area contributed by atoms with Crippen molar-refractivity contribution < 1.29 is 0 Å². The summed E-state index contributed by atoms with van der Waals surface area (Å²) in [6.07, 6.45) is 0. The Balaban J connectivity index is 1.16. The highest BCUT2D eigenvalue weighted by atomic mass is 15.1. The van der Waals surface area contributed by atoms with Crippen LogP contribution in [-0.2, 0) is 0 Å². The number of benzene rings is 8. The molecule has 0 radical (unpaired) electrons. The molecule has 0 aromatic heterocycles. The number of hydrogen-bond donors (Lipinski definition) is 0. The molecule has 2 heteroatoms. The Morgan fingerprint density at radius 2 is 0.720 bits per heavy atom. The molecule has 0 saturated heterocycles. The SMILES string of the molecule is Cc1ccc(N(c2ccc(-c3ccc(N(c4ccc(C(C)C)cc4)c4cccc5ccccc45)cc3)cc2)c2cccc3ccccc23)cc1. The van der Waals surface area contributed by atoms with Gasteiger partial charge in [-0.3, -0.25) is 0 Å². The van der Waals surface area contributed by atoms with Crippen LogP contribution in [-0.4, -0.2) is 0 Å². The van der Waals surface area contributed by atoms with Gasteiger partial charge in [-0.1, -0.05) is 141 Å². The molecule has 0 fully saturated rings. The van der Waals surface area contributed by atoms with Crippen molar-refractivity contribution in [2.24, 2.45) is 0 Å². The maximum atomic E-state index is 2.38. The third-order valence-corrected chi connectivity index (χ3v) is 9.71. The van der Waals surface area contributed by atoms with E-state index in [-0.39, 0.29) is 0 Å². The molecule has 0 aliphatic carbocycles. The van der Waals surface area contributed by atoms with E-state index in [0.717, 1.165) is 22.7 Å². The van der Waals surface area contributed by atoms with Crippen LogP contribution >= 0.6 is 0 Å². The molecule has 0 atom stereocenters. The maximum absolute atomic E-state index is 2.38. The van der Waals surface area contributed by atoms with Crippen molar-refractivity contribution in [2.75, 3.05) is 9.80 Å². The van der Waals surface area contributed by atoms with Crippen molar-refractivity contribution >= 4 is 55.7 Å². The first kappa shape index (κ1) is 31.2. The lowest BCUT2D eigenvalue weighted by Gasteiger charge is -2.28. The van der Waals surface area contributed by atoms with Crippen LogP contribution in [0.15, 0.2) is 182 Å². The molecule has 0 bridgehead atoms. The Bertz CT molecular complexity index is 2380. The average Bonchev–Trinajstić information content (AvgIpc) is 3.17. The number of aryl methyl sites for hydroxylation is 1. The monoisotopic (exact) mass is 644 g/mol. The van der Waals surface area contributed by atoms with Gasteiger partial charge in [-0.05, 0) is 101 Å². The van der Waals surface area contributed by atoms with E-state index in [1.807, 2.05) is 0 Å². The molecule has 242 valence electrons. The van der Waals surface area contributed by atoms with Crippen LogP contribution in [0.4, 0.5) is 34.1 Å². The van der Waals surface area contributed by atoms with Gasteiger partial charge >= 0.3 is 0 Å². The van der Waals surface area contributed by atoms with E-state index < -0.39 is 0 Å². The van der Waals surface area contributed by atoms with Crippen LogP contribution in [0.1, 0.15) is 30.9 Å². The lowest BCUT2D eigenvalue weighted by molar-refractivity contribution is 0.866. The number of fused-ring (bicyclic) bond motifs is 2. The summed E-state index contributed by atoms with van der Waals surface area (Å²) in [6, 6.07) is 66.1. The van der Waals surface area contributed by atoms with Gasteiger partial charge in [0.1, 0.15) is 0 Å². The van der Waals surface area contributed by atoms with Gasteiger partial charge in [0.2, 0.25) is 0 Å². The van der Waals surface area contributed by atoms with Crippen molar-refractivity contribution in [3.63, 3.8) is 0 Å². The van der Waals surface area contributed by atoms with E-state index in [0.29, 0.717) is 5.92 Å². The summed E-state index contributed by atoms with van der Waals surface area (Å²) < 4.78 is 0. The molecule has 0 saturated carbocycles. The Labute approximate surface area is 295 Å². The van der Waals surface area contributed by atoms with E-state index in [2.05, 4.69) is 213 Å². The van der Waals surface area contributed by atoms with E-state index in [4.69, 9.17) is 0 Å². The predicted molar refractivity (Wildman–Crippen MR) is 215 cm³/mol. The summed E-state index contributed by atoms with van der Waals surface area (Å²) in [7, 11) is 0. The van der Waals surface area contributed by atoms with Crippen molar-refractivity contribution in [1.29, 1.82) is 0 Å². The second-order valence-corrected chi connectivity index (χ2v) is 13.3. The quantitative estimate of drug-likeness (QED) is 0.162. The van der Waals surface area contributed by atoms with Crippen LogP contribution in [0.2, 0.25) is 0 Å². The first-order chi connectivity index (χ1) is 24.5. The van der Waals surface area contributed by atoms with Crippen molar-refractivity contribution in [3.8, 4) is 11.1 Å². The minimum Gasteiger partial charge on any atom is -0.310 e. The van der Waals surface area contributed by atoms with Gasteiger partial charge in [-0.2, -0.15) is 0 Å². The van der Waals surface area contributed by atoms with E-state index in [1.165, 1.54) is 55.2 Å². The maximum Gasteiger partial charge on any atom is 0.0540 e. The van der Waals surface area contributed by atoms with Crippen LogP contribution in [0, 0.1) is 6.92 Å². The molecular formula is C48H40N2. The highest BCUT2D eigenvalue weighted by molar-refractivity contribution is 6.00. The third kappa shape index (κ3) is 6.01. The number of anilines is 6. The smallest absolute Gasteiger partial charge is 0.0540 e. The molecule has 0 spiro atoms. The summed E-state index contributed by atoms with van der Waals surface area (Å²) in [5.74, 6) is 0.483. The van der Waals surface area contributed by atoms with Gasteiger partial charge in [0.15, 0.2) is 0 Å². The van der Waals surface area contributed by atoms with Crippen LogP contribution in [0.25, 0.3) is 32.7 Å². The molecular weight excluding hydrogens is 605 g/mol. The summed E-state index contributed by atoms with van der Waals surface area (Å²) in [5.41, 5.74) is 11.8. The Kier molecular flexibility index (Phi) is 8.36. The molecule has 0 amide bonds. The molecule has 0 heterocycles. The second kappa shape index (κ2) is 13.4. The van der Waals surface area contributed by atoms with Crippen LogP contribution in [0.3, 0.4) is 0 Å². The first-order valence-electron chi connectivity index (χ1n) is 17.5. The largest absolute Gasteiger partial charge is 0.310 e. The fourth-order valence-electron chi connectivity index (χ4n) is 6.97. The summed E-state index contributed by atoms with van der Waals surface area (Å²) in [5, 5.41) is 4.91. The van der Waals surface area contributed by atoms with E-state index >= 15 is 0 Å². The molecule has 50 heavy (non-hydrogen) atoms. The number of rotatable bonds is 8. The molecule has 0 unspecified atom stereocenters. The molecule has 0 aliphatic heterocycles. The average molecular weight is 645 g/mol. The molecule has 0 aliphatic rings. The molecule has 8 aromatic rings. The third-order valence-electron chi connectivity index (χ3n) is 9.71. The fourth-order valence-corrected chi connectivity index (χ4v) is 6.97. The van der Waals surface area contributed by atoms with Gasteiger partial charge in [0.25, 0.3) is 0 Å². The van der Waals surface area contributed by atoms with Crippen LogP contribution < -0.4 is 9.80 Å². The zero-order valence-corrected chi connectivity index (χ0v) is 28.8. The standard InChI is InChI=1S/C48H40N2/c1-34(2)36-20-28-42(29-21-36)50(48-17-9-13-40-11-5-7-15-46(40)48)44-32-24-38(25-33-44)37-22-30-43(31-23-37)49(41-26-18-35(3)19-27-41)47-16-8-12-39-10-4-6-14-45(39)47/h4-34H,1-3H3. The van der Waals surface area contributed by atoms with E-state index in [9.17, 15) is 0 Å². The molecule has 0 N–H and O–H groups in total. The minimum absolute atomic E-state index is 0.483. The predicted octanol–water partition coefficient (Wildman–Crippen LogP) is 14.0. The van der Waals surface area contributed by atoms with Crippen molar-refractivity contribution in [2.45, 2.75) is 26.7 Å². The fraction of sp³-hybridized carbons (Fsp3) is 0.0833. The Morgan fingerprint density at radius 1 is 0.360 bits per heavy atom. The lowest BCUT2D eigenvalue weighted by Crippen LogP contribution is -2.10. The second-order valence-electron chi connectivity index (χ2n) is 13.3. The van der Waals surface area contributed by atoms with Gasteiger partial charge in [-0.15, -0.1) is 0 Å². The number of nitrogens with zero attached hydrogens (tertiary/aromatic N) is 2. The van der Waals surface area contributed by atoms with Gasteiger partial charge in [0, 0.05) is 33.5 Å². The molecule has 8 rings (SSSR count). The topological polar surface area (TPSA) is 6.48 Å². The van der Waals surface area contributed by atoms with Gasteiger partial charge in [-0.25, -0.2) is 0 Å².